The van der Waals surface area contributed by atoms with Crippen molar-refractivity contribution >= 4 is 11.8 Å². The van der Waals surface area contributed by atoms with Gasteiger partial charge in [0, 0.05) is 36.6 Å². The number of fused-ring (bicyclic) bond motifs is 1. The molecular weight excluding hydrogens is 454 g/mol. The maximum Gasteiger partial charge on any atom is 0.254 e. The molecule has 7 heteroatoms. The minimum Gasteiger partial charge on any atom is -0.454 e. The molecule has 0 unspecified atom stereocenters. The van der Waals surface area contributed by atoms with Gasteiger partial charge in [0.05, 0.1) is 6.54 Å². The third-order valence-electron chi connectivity index (χ3n) is 6.58. The average molecular weight is 488 g/mol. The number of amides is 2. The molecule has 0 bridgehead atoms. The Morgan fingerprint density at radius 3 is 2.53 bits per heavy atom. The molecule has 1 aromatic heterocycles. The number of ether oxygens (including phenoxy) is 2. The number of carbonyl (C=O) groups excluding carboxylic acids is 2. The predicted octanol–water partition coefficient (Wildman–Crippen LogP) is 4.55. The number of aromatic nitrogens is 1. The summed E-state index contributed by atoms with van der Waals surface area (Å²) in [5.74, 6) is 1.25. The molecule has 1 aliphatic carbocycles. The number of rotatable bonds is 10. The summed E-state index contributed by atoms with van der Waals surface area (Å²) in [4.78, 5) is 30.7. The van der Waals surface area contributed by atoms with Gasteiger partial charge in [-0.25, -0.2) is 0 Å². The highest BCUT2D eigenvalue weighted by atomic mass is 16.7. The Hall–Kier alpha value is -3.74. The Morgan fingerprint density at radius 2 is 1.78 bits per heavy atom. The molecule has 2 amide bonds. The molecule has 0 N–H and O–H groups in total. The quantitative estimate of drug-likeness (QED) is 0.421. The van der Waals surface area contributed by atoms with Crippen LogP contribution in [-0.4, -0.2) is 52.1 Å². The highest BCUT2D eigenvalue weighted by molar-refractivity contribution is 5.97. The largest absolute Gasteiger partial charge is 0.454 e. The molecule has 0 saturated heterocycles. The molecule has 1 fully saturated rings. The minimum absolute atomic E-state index is 0.0142. The van der Waals surface area contributed by atoms with Gasteiger partial charge in [-0.15, -0.1) is 0 Å². The first kappa shape index (κ1) is 24.0. The van der Waals surface area contributed by atoms with E-state index in [-0.39, 0.29) is 37.1 Å². The van der Waals surface area contributed by atoms with Crippen molar-refractivity contribution in [1.29, 1.82) is 0 Å². The molecule has 36 heavy (non-hydrogen) atoms. The molecule has 2 aliphatic rings. The molecule has 3 aromatic rings. The summed E-state index contributed by atoms with van der Waals surface area (Å²) in [6.07, 6.45) is 4.07. The molecular formula is C29H33N3O4. The van der Waals surface area contributed by atoms with E-state index >= 15 is 0 Å². The van der Waals surface area contributed by atoms with Crippen molar-refractivity contribution < 1.29 is 19.1 Å². The molecule has 5 rings (SSSR count). The van der Waals surface area contributed by atoms with Crippen molar-refractivity contribution in [3.05, 3.63) is 83.7 Å². The van der Waals surface area contributed by atoms with Gasteiger partial charge in [0.15, 0.2) is 11.5 Å². The Bertz CT molecular complexity index is 1220. The fourth-order valence-corrected chi connectivity index (χ4v) is 4.64. The Labute approximate surface area is 212 Å². The van der Waals surface area contributed by atoms with E-state index in [1.165, 1.54) is 5.56 Å². The maximum atomic E-state index is 13.6. The predicted molar refractivity (Wildman–Crippen MR) is 137 cm³/mol. The topological polar surface area (TPSA) is 64.0 Å². The monoisotopic (exact) mass is 487 g/mol. The molecule has 1 saturated carbocycles. The van der Waals surface area contributed by atoms with Crippen molar-refractivity contribution in [2.24, 2.45) is 5.92 Å². The smallest absolute Gasteiger partial charge is 0.254 e. The number of benzene rings is 2. The molecule has 1 aliphatic heterocycles. The first-order valence-electron chi connectivity index (χ1n) is 12.6. The van der Waals surface area contributed by atoms with E-state index in [0.29, 0.717) is 30.2 Å². The van der Waals surface area contributed by atoms with Gasteiger partial charge in [0.1, 0.15) is 6.54 Å². The second-order valence-corrected chi connectivity index (χ2v) is 10.0. The molecule has 2 aromatic carbocycles. The van der Waals surface area contributed by atoms with Crippen LogP contribution in [0.15, 0.2) is 66.9 Å². The molecule has 7 nitrogen and oxygen atoms in total. The summed E-state index contributed by atoms with van der Waals surface area (Å²) in [6, 6.07) is 19.9. The van der Waals surface area contributed by atoms with Crippen molar-refractivity contribution in [1.82, 2.24) is 14.4 Å². The van der Waals surface area contributed by atoms with Crippen LogP contribution >= 0.6 is 0 Å². The van der Waals surface area contributed by atoms with Crippen molar-refractivity contribution in [3.8, 4) is 11.5 Å². The number of carbonyl (C=O) groups is 2. The van der Waals surface area contributed by atoms with Crippen LogP contribution in [0.2, 0.25) is 0 Å². The van der Waals surface area contributed by atoms with Crippen LogP contribution in [-0.2, 0) is 17.9 Å². The average Bonchev–Trinajstić information content (AvgIpc) is 3.43. The Kier molecular flexibility index (Phi) is 6.98. The molecule has 2 heterocycles. The van der Waals surface area contributed by atoms with Crippen LogP contribution < -0.4 is 9.47 Å². The second-order valence-electron chi connectivity index (χ2n) is 10.0. The first-order valence-corrected chi connectivity index (χ1v) is 12.6. The number of nitrogens with zero attached hydrogens (tertiary/aromatic N) is 3. The van der Waals surface area contributed by atoms with Gasteiger partial charge in [-0.05, 0) is 54.7 Å². The van der Waals surface area contributed by atoms with E-state index in [4.69, 9.17) is 9.47 Å². The van der Waals surface area contributed by atoms with Gasteiger partial charge >= 0.3 is 0 Å². The van der Waals surface area contributed by atoms with Gasteiger partial charge in [0.25, 0.3) is 5.91 Å². The Morgan fingerprint density at radius 1 is 1.00 bits per heavy atom. The van der Waals surface area contributed by atoms with Crippen LogP contribution in [0.4, 0.5) is 0 Å². The normalized spacial score (nSPS) is 14.2. The summed E-state index contributed by atoms with van der Waals surface area (Å²) in [5, 5.41) is 0. The SMILES string of the molecule is CC(C)CN(CC(=O)N(Cc1cccn1Cc1ccccc1)C1CC1)C(=O)c1ccc2c(c1)OCO2. The fourth-order valence-electron chi connectivity index (χ4n) is 4.64. The zero-order valence-corrected chi connectivity index (χ0v) is 20.9. The fraction of sp³-hybridized carbons (Fsp3) is 0.379. The lowest BCUT2D eigenvalue weighted by Gasteiger charge is -2.29. The number of hydrogen-bond donors (Lipinski definition) is 0. The maximum absolute atomic E-state index is 13.6. The van der Waals surface area contributed by atoms with E-state index in [0.717, 1.165) is 25.1 Å². The van der Waals surface area contributed by atoms with E-state index in [9.17, 15) is 9.59 Å². The molecule has 0 spiro atoms. The molecule has 0 radical (unpaired) electrons. The van der Waals surface area contributed by atoms with Crippen molar-refractivity contribution in [2.45, 2.75) is 45.8 Å². The number of hydrogen-bond acceptors (Lipinski definition) is 4. The Balaban J connectivity index is 1.31. The molecule has 0 atom stereocenters. The van der Waals surface area contributed by atoms with Gasteiger partial charge in [-0.3, -0.25) is 9.59 Å². The van der Waals surface area contributed by atoms with E-state index in [1.807, 2.05) is 29.2 Å². The lowest BCUT2D eigenvalue weighted by atomic mass is 10.1. The minimum atomic E-state index is -0.168. The summed E-state index contributed by atoms with van der Waals surface area (Å²) in [6.45, 7) is 6.13. The van der Waals surface area contributed by atoms with Crippen molar-refractivity contribution in [2.75, 3.05) is 19.9 Å². The van der Waals surface area contributed by atoms with E-state index < -0.39 is 0 Å². The standard InChI is InChI=1S/C29H33N3O4/c1-21(2)16-31(29(34)23-10-13-26-27(15-23)36-20-35-26)19-28(33)32(24-11-12-24)18-25-9-6-14-30(25)17-22-7-4-3-5-8-22/h3-10,13-15,21,24H,11-12,16-20H2,1-2H3. The van der Waals surface area contributed by atoms with E-state index in [2.05, 4.69) is 42.8 Å². The summed E-state index contributed by atoms with van der Waals surface area (Å²) >= 11 is 0. The lowest BCUT2D eigenvalue weighted by Crippen LogP contribution is -2.45. The summed E-state index contributed by atoms with van der Waals surface area (Å²) in [7, 11) is 0. The summed E-state index contributed by atoms with van der Waals surface area (Å²) in [5.41, 5.74) is 2.82. The van der Waals surface area contributed by atoms with Gasteiger partial charge in [-0.1, -0.05) is 44.2 Å². The van der Waals surface area contributed by atoms with Gasteiger partial charge in [0.2, 0.25) is 12.7 Å². The van der Waals surface area contributed by atoms with Crippen LogP contribution in [0, 0.1) is 5.92 Å². The van der Waals surface area contributed by atoms with Crippen LogP contribution in [0.3, 0.4) is 0 Å². The van der Waals surface area contributed by atoms with Crippen LogP contribution in [0.1, 0.15) is 48.3 Å². The third-order valence-corrected chi connectivity index (χ3v) is 6.58. The van der Waals surface area contributed by atoms with Crippen molar-refractivity contribution in [3.63, 3.8) is 0 Å². The van der Waals surface area contributed by atoms with Crippen LogP contribution in [0.25, 0.3) is 0 Å². The van der Waals surface area contributed by atoms with E-state index in [1.54, 1.807) is 23.1 Å². The lowest BCUT2D eigenvalue weighted by molar-refractivity contribution is -0.133. The van der Waals surface area contributed by atoms with Gasteiger partial charge in [-0.2, -0.15) is 0 Å². The second kappa shape index (κ2) is 10.5. The highest BCUT2D eigenvalue weighted by Crippen LogP contribution is 2.33. The third kappa shape index (κ3) is 5.56. The first-order chi connectivity index (χ1) is 17.5. The summed E-state index contributed by atoms with van der Waals surface area (Å²) < 4.78 is 13.0. The van der Waals surface area contributed by atoms with Crippen LogP contribution in [0.5, 0.6) is 11.5 Å². The van der Waals surface area contributed by atoms with Gasteiger partial charge < -0.3 is 23.8 Å². The highest BCUT2D eigenvalue weighted by Gasteiger charge is 2.34. The zero-order chi connectivity index (χ0) is 25.1. The molecule has 188 valence electrons. The zero-order valence-electron chi connectivity index (χ0n) is 20.9.